The molecule has 2 saturated heterocycles. The molecule has 1 aromatic carbocycles. The summed E-state index contributed by atoms with van der Waals surface area (Å²) in [6.07, 6.45) is 5.10. The fraction of sp³-hybridized carbons (Fsp3) is 0.600. The quantitative estimate of drug-likeness (QED) is 0.916. The fourth-order valence-electron chi connectivity index (χ4n) is 3.43. The number of likely N-dealkylation sites (tertiary alicyclic amines) is 1. The van der Waals surface area contributed by atoms with Crippen molar-refractivity contribution >= 4 is 15.9 Å². The molecule has 0 radical (unpaired) electrons. The van der Waals surface area contributed by atoms with Gasteiger partial charge in [0.15, 0.2) is 0 Å². The first-order valence-electron chi connectivity index (χ1n) is 7.16. The van der Waals surface area contributed by atoms with Crippen molar-refractivity contribution in [2.45, 2.75) is 44.3 Å². The zero-order chi connectivity index (χ0) is 13.2. The highest BCUT2D eigenvalue weighted by molar-refractivity contribution is 9.10. The van der Waals surface area contributed by atoms with Crippen molar-refractivity contribution in [1.82, 2.24) is 10.2 Å². The molecule has 2 fully saturated rings. The minimum Gasteiger partial charge on any atom is -0.312 e. The normalized spacial score (nSPS) is 28.1. The molecule has 1 N–H and O–H groups in total. The number of nitrogens with one attached hydrogen (secondary N) is 1. The molecule has 0 saturated carbocycles. The van der Waals surface area contributed by atoms with Gasteiger partial charge >= 0.3 is 0 Å². The van der Waals surface area contributed by atoms with E-state index in [1.54, 1.807) is 6.07 Å². The Labute approximate surface area is 122 Å². The van der Waals surface area contributed by atoms with Crippen LogP contribution in [0.2, 0.25) is 0 Å². The number of rotatable bonds is 3. The first kappa shape index (κ1) is 13.5. The maximum atomic E-state index is 13.6. The van der Waals surface area contributed by atoms with Crippen LogP contribution in [-0.4, -0.2) is 30.1 Å². The number of benzene rings is 1. The van der Waals surface area contributed by atoms with Crippen LogP contribution in [0.5, 0.6) is 0 Å². The van der Waals surface area contributed by atoms with Gasteiger partial charge in [-0.1, -0.05) is 12.1 Å². The molecule has 3 rings (SSSR count). The monoisotopic (exact) mass is 326 g/mol. The van der Waals surface area contributed by atoms with E-state index in [1.165, 1.54) is 31.7 Å². The smallest absolute Gasteiger partial charge is 0.137 e. The second-order valence-corrected chi connectivity index (χ2v) is 6.39. The largest absolute Gasteiger partial charge is 0.312 e. The molecular weight excluding hydrogens is 307 g/mol. The Balaban J connectivity index is 1.72. The molecule has 1 aromatic rings. The van der Waals surface area contributed by atoms with E-state index in [0.29, 0.717) is 16.6 Å². The predicted octanol–water partition coefficient (Wildman–Crippen LogP) is 3.30. The lowest BCUT2D eigenvalue weighted by molar-refractivity contribution is 0.206. The van der Waals surface area contributed by atoms with Crippen molar-refractivity contribution in [3.05, 3.63) is 34.1 Å². The highest BCUT2D eigenvalue weighted by Crippen LogP contribution is 2.29. The highest BCUT2D eigenvalue weighted by atomic mass is 79.9. The average molecular weight is 327 g/mol. The van der Waals surface area contributed by atoms with Gasteiger partial charge in [-0.05, 0) is 66.3 Å². The van der Waals surface area contributed by atoms with Gasteiger partial charge in [0.25, 0.3) is 0 Å². The molecule has 2 atom stereocenters. The molecule has 2 unspecified atom stereocenters. The van der Waals surface area contributed by atoms with E-state index in [0.717, 1.165) is 25.2 Å². The lowest BCUT2D eigenvalue weighted by Crippen LogP contribution is -2.43. The molecule has 0 aliphatic carbocycles. The van der Waals surface area contributed by atoms with Crippen molar-refractivity contribution < 1.29 is 4.39 Å². The number of hydrogen-bond donors (Lipinski definition) is 1. The minimum atomic E-state index is -0.160. The maximum Gasteiger partial charge on any atom is 0.137 e. The molecule has 2 aliphatic heterocycles. The van der Waals surface area contributed by atoms with Crippen LogP contribution in [0, 0.1) is 5.82 Å². The first-order chi connectivity index (χ1) is 9.25. The standard InChI is InChI=1S/C15H20BrFN2/c16-15-11(4-1-5-12(15)17)10-19-9-3-7-14(19)13-6-2-8-18-13/h1,4-5,13-14,18H,2-3,6-10H2. The molecule has 0 amide bonds. The molecule has 2 nitrogen and oxygen atoms in total. The van der Waals surface area contributed by atoms with Crippen LogP contribution in [0.4, 0.5) is 4.39 Å². The second-order valence-electron chi connectivity index (χ2n) is 5.60. The highest BCUT2D eigenvalue weighted by Gasteiger charge is 2.33. The molecule has 2 heterocycles. The van der Waals surface area contributed by atoms with Gasteiger partial charge < -0.3 is 5.32 Å². The fourth-order valence-corrected chi connectivity index (χ4v) is 3.82. The summed E-state index contributed by atoms with van der Waals surface area (Å²) in [6, 6.07) is 6.58. The molecule has 0 bridgehead atoms. The predicted molar refractivity (Wildman–Crippen MR) is 78.6 cm³/mol. The van der Waals surface area contributed by atoms with E-state index >= 15 is 0 Å². The zero-order valence-electron chi connectivity index (χ0n) is 11.0. The van der Waals surface area contributed by atoms with Crippen LogP contribution in [0.15, 0.2) is 22.7 Å². The number of halogens is 2. The Bertz CT molecular complexity index is 446. The van der Waals surface area contributed by atoms with Crippen LogP contribution in [-0.2, 0) is 6.54 Å². The van der Waals surface area contributed by atoms with Crippen LogP contribution in [0.1, 0.15) is 31.2 Å². The molecule has 0 spiro atoms. The van der Waals surface area contributed by atoms with Gasteiger partial charge in [-0.2, -0.15) is 0 Å². The Kier molecular flexibility index (Phi) is 4.20. The van der Waals surface area contributed by atoms with E-state index in [-0.39, 0.29) is 5.82 Å². The first-order valence-corrected chi connectivity index (χ1v) is 7.95. The topological polar surface area (TPSA) is 15.3 Å². The summed E-state index contributed by atoms with van der Waals surface area (Å²) in [7, 11) is 0. The lowest BCUT2D eigenvalue weighted by atomic mass is 10.0. The Hall–Kier alpha value is -0.450. The summed E-state index contributed by atoms with van der Waals surface area (Å²) < 4.78 is 14.2. The summed E-state index contributed by atoms with van der Waals surface area (Å²) in [5.74, 6) is -0.160. The third kappa shape index (κ3) is 2.86. The van der Waals surface area contributed by atoms with E-state index < -0.39 is 0 Å². The maximum absolute atomic E-state index is 13.6. The van der Waals surface area contributed by atoms with Gasteiger partial charge in [0.1, 0.15) is 5.82 Å². The zero-order valence-corrected chi connectivity index (χ0v) is 12.6. The van der Waals surface area contributed by atoms with E-state index in [1.807, 2.05) is 6.07 Å². The summed E-state index contributed by atoms with van der Waals surface area (Å²) in [5, 5.41) is 3.61. The van der Waals surface area contributed by atoms with Crippen molar-refractivity contribution in [1.29, 1.82) is 0 Å². The van der Waals surface area contributed by atoms with Crippen molar-refractivity contribution in [2.75, 3.05) is 13.1 Å². The number of hydrogen-bond acceptors (Lipinski definition) is 2. The summed E-state index contributed by atoms with van der Waals surface area (Å²) >= 11 is 3.37. The number of nitrogens with zero attached hydrogens (tertiary/aromatic N) is 1. The molecule has 19 heavy (non-hydrogen) atoms. The molecule has 104 valence electrons. The van der Waals surface area contributed by atoms with Gasteiger partial charge in [0.2, 0.25) is 0 Å². The summed E-state index contributed by atoms with van der Waals surface area (Å²) in [4.78, 5) is 2.52. The van der Waals surface area contributed by atoms with Gasteiger partial charge in [-0.3, -0.25) is 4.90 Å². The minimum absolute atomic E-state index is 0.160. The second kappa shape index (κ2) is 5.90. The Morgan fingerprint density at radius 3 is 3.00 bits per heavy atom. The molecule has 2 aliphatic rings. The van der Waals surface area contributed by atoms with Gasteiger partial charge in [-0.25, -0.2) is 4.39 Å². The third-order valence-corrected chi connectivity index (χ3v) is 5.27. The van der Waals surface area contributed by atoms with Crippen molar-refractivity contribution in [3.8, 4) is 0 Å². The van der Waals surface area contributed by atoms with Crippen LogP contribution >= 0.6 is 15.9 Å². The molecule has 0 aromatic heterocycles. The van der Waals surface area contributed by atoms with Gasteiger partial charge in [0.05, 0.1) is 4.47 Å². The van der Waals surface area contributed by atoms with E-state index in [2.05, 4.69) is 26.1 Å². The van der Waals surface area contributed by atoms with Gasteiger partial charge in [0, 0.05) is 18.6 Å². The average Bonchev–Trinajstić information content (AvgIpc) is 3.05. The Morgan fingerprint density at radius 2 is 2.21 bits per heavy atom. The van der Waals surface area contributed by atoms with Crippen LogP contribution < -0.4 is 5.32 Å². The summed E-state index contributed by atoms with van der Waals surface area (Å²) in [5.41, 5.74) is 1.06. The molecule has 4 heteroatoms. The van der Waals surface area contributed by atoms with E-state index in [9.17, 15) is 4.39 Å². The van der Waals surface area contributed by atoms with Crippen molar-refractivity contribution in [3.63, 3.8) is 0 Å². The van der Waals surface area contributed by atoms with Crippen LogP contribution in [0.3, 0.4) is 0 Å². The lowest BCUT2D eigenvalue weighted by Gasteiger charge is -2.29. The molecular formula is C15H20BrFN2. The van der Waals surface area contributed by atoms with Crippen molar-refractivity contribution in [2.24, 2.45) is 0 Å². The van der Waals surface area contributed by atoms with Crippen LogP contribution in [0.25, 0.3) is 0 Å². The summed E-state index contributed by atoms with van der Waals surface area (Å²) in [6.45, 7) is 3.13. The third-order valence-electron chi connectivity index (χ3n) is 4.38. The van der Waals surface area contributed by atoms with E-state index in [4.69, 9.17) is 0 Å². The van der Waals surface area contributed by atoms with Gasteiger partial charge in [-0.15, -0.1) is 0 Å². The Morgan fingerprint density at radius 1 is 1.32 bits per heavy atom. The SMILES string of the molecule is Fc1cccc(CN2CCCC2C2CCCN2)c1Br.